The number of rotatable bonds is 6. The van der Waals surface area contributed by atoms with Crippen LogP contribution in [0.1, 0.15) is 42.6 Å². The average molecular weight is 316 g/mol. The average Bonchev–Trinajstić information content (AvgIpc) is 2.57. The molecule has 23 heavy (non-hydrogen) atoms. The molecule has 0 N–H and O–H groups in total. The van der Waals surface area contributed by atoms with Gasteiger partial charge in [0.25, 0.3) is 0 Å². The van der Waals surface area contributed by atoms with E-state index in [1.807, 2.05) is 36.1 Å². The summed E-state index contributed by atoms with van der Waals surface area (Å²) in [4.78, 5) is 28.8. The molecule has 1 heterocycles. The largest absolute Gasteiger partial charge is 0.340 e. The minimum absolute atomic E-state index is 0.149. The third-order valence-corrected chi connectivity index (χ3v) is 4.76. The minimum atomic E-state index is 0.149. The van der Waals surface area contributed by atoms with Crippen LogP contribution in [0.25, 0.3) is 0 Å². The van der Waals surface area contributed by atoms with Crippen LogP contribution >= 0.6 is 0 Å². The Bertz CT molecular complexity index is 527. The highest BCUT2D eigenvalue weighted by Gasteiger charge is 2.26. The van der Waals surface area contributed by atoms with E-state index in [1.165, 1.54) is 0 Å². The molecule has 0 saturated carbocycles. The monoisotopic (exact) mass is 316 g/mol. The van der Waals surface area contributed by atoms with Crippen LogP contribution < -0.4 is 0 Å². The maximum Gasteiger partial charge on any atom is 0.225 e. The molecule has 1 aromatic rings. The fourth-order valence-electron chi connectivity index (χ4n) is 3.06. The Morgan fingerprint density at radius 3 is 2.09 bits per heavy atom. The molecule has 0 spiro atoms. The molecule has 1 aliphatic heterocycles. The van der Waals surface area contributed by atoms with Crippen molar-refractivity contribution in [3.8, 4) is 0 Å². The zero-order valence-corrected chi connectivity index (χ0v) is 14.5. The Labute approximate surface area is 139 Å². The number of hydrogen-bond acceptors (Lipinski definition) is 3. The second kappa shape index (κ2) is 8.25. The Kier molecular flexibility index (Phi) is 6.34. The molecular weight excluding hydrogens is 288 g/mol. The highest BCUT2D eigenvalue weighted by molar-refractivity contribution is 5.97. The lowest BCUT2D eigenvalue weighted by Gasteiger charge is -2.36. The number of hydrogen-bond donors (Lipinski definition) is 0. The van der Waals surface area contributed by atoms with E-state index >= 15 is 0 Å². The maximum absolute atomic E-state index is 12.4. The van der Waals surface area contributed by atoms with Crippen molar-refractivity contribution in [1.82, 2.24) is 9.80 Å². The number of benzene rings is 1. The number of carbonyl (C=O) groups excluding carboxylic acids is 2. The normalized spacial score (nSPS) is 15.9. The molecular formula is C19H28N2O2. The zero-order valence-electron chi connectivity index (χ0n) is 14.5. The Hall–Kier alpha value is -1.68. The van der Waals surface area contributed by atoms with Gasteiger partial charge in [-0.05, 0) is 19.8 Å². The summed E-state index contributed by atoms with van der Waals surface area (Å²) < 4.78 is 0. The summed E-state index contributed by atoms with van der Waals surface area (Å²) in [6, 6.07) is 7.73. The van der Waals surface area contributed by atoms with Crippen LogP contribution in [0.5, 0.6) is 0 Å². The summed E-state index contributed by atoms with van der Waals surface area (Å²) in [6.45, 7) is 9.63. The molecule has 1 amide bonds. The van der Waals surface area contributed by atoms with Gasteiger partial charge in [-0.2, -0.15) is 0 Å². The molecule has 4 nitrogen and oxygen atoms in total. The summed E-state index contributed by atoms with van der Waals surface area (Å²) >= 11 is 0. The van der Waals surface area contributed by atoms with Gasteiger partial charge in [-0.3, -0.25) is 14.5 Å². The number of carbonyl (C=O) groups is 2. The molecule has 0 aliphatic carbocycles. The van der Waals surface area contributed by atoms with Gasteiger partial charge in [-0.1, -0.05) is 43.7 Å². The van der Waals surface area contributed by atoms with Crippen LogP contribution in [0, 0.1) is 12.8 Å². The number of Topliss-reactive ketones (excluding diaryl/α,β-unsaturated/α-hetero) is 1. The van der Waals surface area contributed by atoms with Gasteiger partial charge < -0.3 is 4.90 Å². The highest BCUT2D eigenvalue weighted by Crippen LogP contribution is 2.14. The SMILES string of the molecule is CCC(CC)C(=O)N1CCN(CC(=O)c2ccc(C)cc2)CC1. The lowest BCUT2D eigenvalue weighted by Crippen LogP contribution is -2.51. The lowest BCUT2D eigenvalue weighted by atomic mass is 10.0. The first-order valence-corrected chi connectivity index (χ1v) is 8.66. The minimum Gasteiger partial charge on any atom is -0.340 e. The number of amides is 1. The van der Waals surface area contributed by atoms with Crippen molar-refractivity contribution < 1.29 is 9.59 Å². The van der Waals surface area contributed by atoms with Crippen molar-refractivity contribution in [2.24, 2.45) is 5.92 Å². The fraction of sp³-hybridized carbons (Fsp3) is 0.579. The van der Waals surface area contributed by atoms with E-state index in [0.717, 1.165) is 50.1 Å². The first-order chi connectivity index (χ1) is 11.0. The summed E-state index contributed by atoms with van der Waals surface area (Å²) in [5, 5.41) is 0. The molecule has 0 radical (unpaired) electrons. The topological polar surface area (TPSA) is 40.6 Å². The van der Waals surface area contributed by atoms with Crippen LogP contribution in [-0.2, 0) is 4.79 Å². The predicted molar refractivity (Wildman–Crippen MR) is 92.6 cm³/mol. The number of piperazine rings is 1. The van der Waals surface area contributed by atoms with Gasteiger partial charge in [0.2, 0.25) is 5.91 Å². The van der Waals surface area contributed by atoms with E-state index in [4.69, 9.17) is 0 Å². The molecule has 1 aromatic carbocycles. The molecule has 4 heteroatoms. The summed E-state index contributed by atoms with van der Waals surface area (Å²) in [5.74, 6) is 0.583. The molecule has 0 bridgehead atoms. The van der Waals surface area contributed by atoms with Gasteiger partial charge in [-0.25, -0.2) is 0 Å². The van der Waals surface area contributed by atoms with Gasteiger partial charge >= 0.3 is 0 Å². The maximum atomic E-state index is 12.4. The van der Waals surface area contributed by atoms with E-state index in [9.17, 15) is 9.59 Å². The van der Waals surface area contributed by atoms with Gasteiger partial charge in [-0.15, -0.1) is 0 Å². The Morgan fingerprint density at radius 1 is 1.00 bits per heavy atom. The zero-order chi connectivity index (χ0) is 16.8. The number of nitrogens with zero attached hydrogens (tertiary/aromatic N) is 2. The molecule has 2 rings (SSSR count). The van der Waals surface area contributed by atoms with Crippen molar-refractivity contribution in [3.05, 3.63) is 35.4 Å². The molecule has 0 unspecified atom stereocenters. The van der Waals surface area contributed by atoms with E-state index < -0.39 is 0 Å². The molecule has 0 atom stereocenters. The van der Waals surface area contributed by atoms with Gasteiger partial charge in [0.15, 0.2) is 5.78 Å². The quantitative estimate of drug-likeness (QED) is 0.758. The number of ketones is 1. The molecule has 126 valence electrons. The predicted octanol–water partition coefficient (Wildman–Crippen LogP) is 2.76. The van der Waals surface area contributed by atoms with Gasteiger partial charge in [0, 0.05) is 37.7 Å². The van der Waals surface area contributed by atoms with Crippen molar-refractivity contribution >= 4 is 11.7 Å². The lowest BCUT2D eigenvalue weighted by molar-refractivity contribution is -0.137. The van der Waals surface area contributed by atoms with Crippen LogP contribution in [0.15, 0.2) is 24.3 Å². The van der Waals surface area contributed by atoms with Crippen LogP contribution in [-0.4, -0.2) is 54.2 Å². The van der Waals surface area contributed by atoms with Crippen molar-refractivity contribution in [2.75, 3.05) is 32.7 Å². The third-order valence-electron chi connectivity index (χ3n) is 4.76. The van der Waals surface area contributed by atoms with Crippen molar-refractivity contribution in [2.45, 2.75) is 33.6 Å². The number of aryl methyl sites for hydroxylation is 1. The molecule has 1 fully saturated rings. The van der Waals surface area contributed by atoms with Crippen LogP contribution in [0.2, 0.25) is 0 Å². The van der Waals surface area contributed by atoms with E-state index in [2.05, 4.69) is 18.7 Å². The molecule has 0 aromatic heterocycles. The standard InChI is InChI=1S/C19H28N2O2/c1-4-16(5-2)19(23)21-12-10-20(11-13-21)14-18(22)17-8-6-15(3)7-9-17/h6-9,16H,4-5,10-14H2,1-3H3. The second-order valence-corrected chi connectivity index (χ2v) is 6.40. The van der Waals surface area contributed by atoms with Gasteiger partial charge in [0.1, 0.15) is 0 Å². The smallest absolute Gasteiger partial charge is 0.225 e. The first kappa shape index (κ1) is 17.7. The summed E-state index contributed by atoms with van der Waals surface area (Å²) in [7, 11) is 0. The highest BCUT2D eigenvalue weighted by atomic mass is 16.2. The fourth-order valence-corrected chi connectivity index (χ4v) is 3.06. The van der Waals surface area contributed by atoms with Crippen molar-refractivity contribution in [1.29, 1.82) is 0 Å². The summed E-state index contributed by atoms with van der Waals surface area (Å²) in [6.07, 6.45) is 1.81. The van der Waals surface area contributed by atoms with Crippen molar-refractivity contribution in [3.63, 3.8) is 0 Å². The van der Waals surface area contributed by atoms with E-state index in [-0.39, 0.29) is 17.6 Å². The first-order valence-electron chi connectivity index (χ1n) is 8.66. The summed E-state index contributed by atoms with van der Waals surface area (Å²) in [5.41, 5.74) is 1.93. The van der Waals surface area contributed by atoms with Crippen LogP contribution in [0.4, 0.5) is 0 Å². The second-order valence-electron chi connectivity index (χ2n) is 6.40. The molecule has 1 saturated heterocycles. The third kappa shape index (κ3) is 4.64. The van der Waals surface area contributed by atoms with E-state index in [0.29, 0.717) is 6.54 Å². The van der Waals surface area contributed by atoms with E-state index in [1.54, 1.807) is 0 Å². The Balaban J connectivity index is 1.83. The van der Waals surface area contributed by atoms with Crippen LogP contribution in [0.3, 0.4) is 0 Å². The van der Waals surface area contributed by atoms with Gasteiger partial charge in [0.05, 0.1) is 6.54 Å². The molecule has 1 aliphatic rings. The Morgan fingerprint density at radius 2 is 1.57 bits per heavy atom.